The van der Waals surface area contributed by atoms with Crippen molar-refractivity contribution in [1.82, 2.24) is 20.0 Å². The van der Waals surface area contributed by atoms with E-state index in [2.05, 4.69) is 34.7 Å². The van der Waals surface area contributed by atoms with Crippen LogP contribution in [-0.2, 0) is 13.5 Å². The minimum atomic E-state index is 0.0496. The smallest absolute Gasteiger partial charge is 0.317 e. The van der Waals surface area contributed by atoms with Gasteiger partial charge in [-0.2, -0.15) is 16.9 Å². The summed E-state index contributed by atoms with van der Waals surface area (Å²) in [4.78, 5) is 14.7. The molecule has 1 aromatic carbocycles. The minimum absolute atomic E-state index is 0.0496. The molecule has 24 heavy (non-hydrogen) atoms. The Morgan fingerprint density at radius 2 is 2.29 bits per heavy atom. The first kappa shape index (κ1) is 15.6. The Morgan fingerprint density at radius 3 is 3.08 bits per heavy atom. The molecule has 1 saturated heterocycles. The van der Waals surface area contributed by atoms with Gasteiger partial charge in [0.2, 0.25) is 0 Å². The second-order valence-electron chi connectivity index (χ2n) is 6.52. The number of carbonyl (C=O) groups is 1. The maximum Gasteiger partial charge on any atom is 0.317 e. The lowest BCUT2D eigenvalue weighted by atomic mass is 9.78. The average molecular weight is 342 g/mol. The molecular formula is C18H22N4OS. The fraction of sp³-hybridized carbons (Fsp3) is 0.444. The largest absolute Gasteiger partial charge is 0.337 e. The van der Waals surface area contributed by atoms with Gasteiger partial charge in [-0.3, -0.25) is 4.68 Å². The van der Waals surface area contributed by atoms with Gasteiger partial charge >= 0.3 is 6.03 Å². The molecule has 126 valence electrons. The van der Waals surface area contributed by atoms with E-state index in [-0.39, 0.29) is 12.1 Å². The van der Waals surface area contributed by atoms with Gasteiger partial charge in [0.15, 0.2) is 0 Å². The van der Waals surface area contributed by atoms with Crippen LogP contribution in [0, 0.1) is 0 Å². The number of benzene rings is 1. The van der Waals surface area contributed by atoms with Crippen LogP contribution < -0.4 is 5.32 Å². The van der Waals surface area contributed by atoms with E-state index < -0.39 is 0 Å². The molecule has 2 amide bonds. The minimum Gasteiger partial charge on any atom is -0.337 e. The van der Waals surface area contributed by atoms with Crippen LogP contribution in [-0.4, -0.2) is 45.3 Å². The molecule has 0 spiro atoms. The highest BCUT2D eigenvalue weighted by molar-refractivity contribution is 7.99. The van der Waals surface area contributed by atoms with Crippen molar-refractivity contribution in [3.63, 3.8) is 0 Å². The summed E-state index contributed by atoms with van der Waals surface area (Å²) in [5.74, 6) is 2.39. The zero-order valence-electron chi connectivity index (χ0n) is 13.8. The van der Waals surface area contributed by atoms with Crippen molar-refractivity contribution < 1.29 is 4.79 Å². The number of urea groups is 1. The number of amides is 2. The van der Waals surface area contributed by atoms with Crippen molar-refractivity contribution in [1.29, 1.82) is 0 Å². The van der Waals surface area contributed by atoms with Gasteiger partial charge in [0.05, 0.1) is 12.2 Å². The Bertz CT molecular complexity index is 744. The van der Waals surface area contributed by atoms with Crippen LogP contribution in [0.25, 0.3) is 0 Å². The first-order valence-electron chi connectivity index (χ1n) is 8.41. The average Bonchev–Trinajstić information content (AvgIpc) is 3.02. The van der Waals surface area contributed by atoms with E-state index in [4.69, 9.17) is 0 Å². The number of nitrogens with one attached hydrogen (secondary N) is 1. The van der Waals surface area contributed by atoms with E-state index >= 15 is 0 Å². The van der Waals surface area contributed by atoms with Crippen LogP contribution in [0.2, 0.25) is 0 Å². The lowest BCUT2D eigenvalue weighted by Gasteiger charge is -2.36. The number of hydrogen-bond donors (Lipinski definition) is 1. The predicted molar refractivity (Wildman–Crippen MR) is 96.3 cm³/mol. The Morgan fingerprint density at radius 1 is 1.42 bits per heavy atom. The van der Waals surface area contributed by atoms with Gasteiger partial charge in [0, 0.05) is 49.3 Å². The van der Waals surface area contributed by atoms with Gasteiger partial charge in [-0.05, 0) is 17.5 Å². The van der Waals surface area contributed by atoms with Gasteiger partial charge in [-0.1, -0.05) is 24.3 Å². The van der Waals surface area contributed by atoms with E-state index in [1.807, 2.05) is 36.1 Å². The van der Waals surface area contributed by atoms with Crippen LogP contribution in [0.4, 0.5) is 4.79 Å². The number of aryl methyl sites for hydroxylation is 1. The summed E-state index contributed by atoms with van der Waals surface area (Å²) in [6.07, 6.45) is 4.95. The van der Waals surface area contributed by atoms with Crippen molar-refractivity contribution >= 4 is 17.8 Å². The fourth-order valence-corrected chi connectivity index (χ4v) is 4.68. The van der Waals surface area contributed by atoms with E-state index in [9.17, 15) is 4.79 Å². The summed E-state index contributed by atoms with van der Waals surface area (Å²) in [6, 6.07) is 8.67. The summed E-state index contributed by atoms with van der Waals surface area (Å²) in [5, 5.41) is 7.41. The molecule has 0 saturated carbocycles. The molecule has 6 heteroatoms. The monoisotopic (exact) mass is 342 g/mol. The van der Waals surface area contributed by atoms with Crippen LogP contribution >= 0.6 is 11.8 Å². The summed E-state index contributed by atoms with van der Waals surface area (Å²) < 4.78 is 1.80. The second kappa shape index (κ2) is 6.51. The van der Waals surface area contributed by atoms with Gasteiger partial charge in [0.25, 0.3) is 0 Å². The van der Waals surface area contributed by atoms with Crippen molar-refractivity contribution in [3.05, 3.63) is 53.3 Å². The zero-order chi connectivity index (χ0) is 16.5. The topological polar surface area (TPSA) is 50.2 Å². The zero-order valence-corrected chi connectivity index (χ0v) is 14.6. The molecule has 2 aromatic rings. The number of carbonyl (C=O) groups excluding carboxylic acids is 1. The molecule has 0 radical (unpaired) electrons. The Labute approximate surface area is 146 Å². The second-order valence-corrected chi connectivity index (χ2v) is 7.67. The SMILES string of the molecule is Cn1cc([C@H]2CSCCN2C(=O)NC[C@@H]2Cc3ccccc32)cn1. The Balaban J connectivity index is 1.39. The third kappa shape index (κ3) is 2.90. The molecule has 1 N–H and O–H groups in total. The third-order valence-corrected chi connectivity index (χ3v) is 5.98. The fourth-order valence-electron chi connectivity index (χ4n) is 3.59. The first-order valence-corrected chi connectivity index (χ1v) is 9.56. The highest BCUT2D eigenvalue weighted by Crippen LogP contribution is 2.34. The van der Waals surface area contributed by atoms with Gasteiger partial charge in [0.1, 0.15) is 0 Å². The van der Waals surface area contributed by atoms with Crippen LogP contribution in [0.5, 0.6) is 0 Å². The molecule has 1 aliphatic carbocycles. The Hall–Kier alpha value is -1.95. The normalized spacial score (nSPS) is 22.6. The van der Waals surface area contributed by atoms with Crippen molar-refractivity contribution in [2.24, 2.45) is 7.05 Å². The summed E-state index contributed by atoms with van der Waals surface area (Å²) in [6.45, 7) is 1.51. The van der Waals surface area contributed by atoms with E-state index in [1.165, 1.54) is 11.1 Å². The predicted octanol–water partition coefficient (Wildman–Crippen LogP) is 2.56. The lowest BCUT2D eigenvalue weighted by molar-refractivity contribution is 0.181. The summed E-state index contributed by atoms with van der Waals surface area (Å²) in [7, 11) is 1.91. The number of nitrogens with zero attached hydrogens (tertiary/aromatic N) is 3. The highest BCUT2D eigenvalue weighted by Gasteiger charge is 2.31. The van der Waals surface area contributed by atoms with Gasteiger partial charge < -0.3 is 10.2 Å². The standard InChI is InChI=1S/C18H22N4OS/c1-21-11-15(10-20-21)17-12-24-7-6-22(17)18(23)19-9-14-8-13-4-2-3-5-16(13)14/h2-5,10-11,14,17H,6-9,12H2,1H3,(H,19,23)/t14-,17+/m0/s1. The van der Waals surface area contributed by atoms with Gasteiger partial charge in [-0.25, -0.2) is 4.79 Å². The Kier molecular flexibility index (Phi) is 4.22. The molecule has 4 rings (SSSR count). The molecule has 1 fully saturated rings. The molecule has 0 unspecified atom stereocenters. The highest BCUT2D eigenvalue weighted by atomic mass is 32.2. The molecule has 1 aromatic heterocycles. The van der Waals surface area contributed by atoms with Crippen LogP contribution in [0.15, 0.2) is 36.7 Å². The van der Waals surface area contributed by atoms with E-state index in [0.717, 1.165) is 36.6 Å². The van der Waals surface area contributed by atoms with Crippen LogP contribution in [0.3, 0.4) is 0 Å². The quantitative estimate of drug-likeness (QED) is 0.933. The molecule has 1 aliphatic heterocycles. The molecule has 2 atom stereocenters. The lowest BCUT2D eigenvalue weighted by Crippen LogP contribution is -2.47. The summed E-state index contributed by atoms with van der Waals surface area (Å²) in [5.41, 5.74) is 3.92. The number of hydrogen-bond acceptors (Lipinski definition) is 3. The number of rotatable bonds is 3. The summed E-state index contributed by atoms with van der Waals surface area (Å²) >= 11 is 1.90. The van der Waals surface area contributed by atoms with Crippen molar-refractivity contribution in [3.8, 4) is 0 Å². The van der Waals surface area contributed by atoms with E-state index in [1.54, 1.807) is 4.68 Å². The molecular weight excluding hydrogens is 320 g/mol. The van der Waals surface area contributed by atoms with Gasteiger partial charge in [-0.15, -0.1) is 0 Å². The number of thioether (sulfide) groups is 1. The molecule has 0 bridgehead atoms. The van der Waals surface area contributed by atoms with Crippen molar-refractivity contribution in [2.75, 3.05) is 24.6 Å². The van der Waals surface area contributed by atoms with Crippen LogP contribution in [0.1, 0.15) is 28.7 Å². The molecule has 5 nitrogen and oxygen atoms in total. The first-order chi connectivity index (χ1) is 11.7. The molecule has 2 aliphatic rings. The third-order valence-electron chi connectivity index (χ3n) is 4.96. The van der Waals surface area contributed by atoms with Crippen molar-refractivity contribution in [2.45, 2.75) is 18.4 Å². The maximum atomic E-state index is 12.7. The molecule has 2 heterocycles. The van der Waals surface area contributed by atoms with E-state index in [0.29, 0.717) is 5.92 Å². The number of fused-ring (bicyclic) bond motifs is 1. The maximum absolute atomic E-state index is 12.7. The number of aromatic nitrogens is 2.